The van der Waals surface area contributed by atoms with E-state index >= 15 is 0 Å². The number of hydrogen-bond donors (Lipinski definition) is 3. The molecule has 0 aliphatic carbocycles. The molecule has 172 valence electrons. The van der Waals surface area contributed by atoms with E-state index in [-0.39, 0.29) is 23.8 Å². The second-order valence-electron chi connectivity index (χ2n) is 7.23. The molecule has 12 heteroatoms. The van der Waals surface area contributed by atoms with Crippen molar-refractivity contribution in [2.24, 2.45) is 0 Å². The summed E-state index contributed by atoms with van der Waals surface area (Å²) >= 11 is 0. The maximum Gasteiger partial charge on any atom is 0.416 e. The number of carbonyl (C=O) groups is 1. The highest BCUT2D eigenvalue weighted by atomic mass is 19.4. The molecule has 0 bridgehead atoms. The van der Waals surface area contributed by atoms with Gasteiger partial charge in [0.05, 0.1) is 17.3 Å². The van der Waals surface area contributed by atoms with Crippen molar-refractivity contribution in [1.82, 2.24) is 24.5 Å². The Labute approximate surface area is 181 Å². The number of fused-ring (bicyclic) bond motifs is 1. The smallest absolute Gasteiger partial charge is 0.416 e. The summed E-state index contributed by atoms with van der Waals surface area (Å²) in [6.45, 7) is 4.83. The average Bonchev–Trinajstić information content (AvgIpc) is 3.25. The molecule has 0 amide bonds. The van der Waals surface area contributed by atoms with Gasteiger partial charge >= 0.3 is 6.18 Å². The van der Waals surface area contributed by atoms with Crippen molar-refractivity contribution in [2.45, 2.75) is 32.0 Å². The first kappa shape index (κ1) is 23.3. The summed E-state index contributed by atoms with van der Waals surface area (Å²) in [7, 11) is 0. The first-order valence-corrected chi connectivity index (χ1v) is 9.94. The topological polar surface area (TPSA) is 116 Å². The van der Waals surface area contributed by atoms with Gasteiger partial charge in [-0.25, -0.2) is 4.98 Å². The molecule has 1 atom stereocenters. The van der Waals surface area contributed by atoms with Crippen LogP contribution in [0.3, 0.4) is 0 Å². The number of halogens is 3. The fraction of sp³-hybridized carbons (Fsp3) is 0.400. The zero-order valence-corrected chi connectivity index (χ0v) is 17.2. The summed E-state index contributed by atoms with van der Waals surface area (Å²) in [5, 5.41) is 28.9. The van der Waals surface area contributed by atoms with Crippen LogP contribution < -0.4 is 5.32 Å². The van der Waals surface area contributed by atoms with Crippen molar-refractivity contribution in [2.75, 3.05) is 25.0 Å². The predicted octanol–water partition coefficient (Wildman–Crippen LogP) is 3.11. The normalized spacial score (nSPS) is 16.9. The summed E-state index contributed by atoms with van der Waals surface area (Å²) in [6.07, 6.45) is 0.677. The molecule has 1 saturated heterocycles. The molecule has 0 spiro atoms. The van der Waals surface area contributed by atoms with Gasteiger partial charge in [-0.1, -0.05) is 6.92 Å². The van der Waals surface area contributed by atoms with E-state index in [1.165, 1.54) is 6.07 Å². The van der Waals surface area contributed by atoms with E-state index in [1.54, 1.807) is 16.9 Å². The summed E-state index contributed by atoms with van der Waals surface area (Å²) in [4.78, 5) is 14.8. The molecule has 3 aromatic rings. The maximum absolute atomic E-state index is 12.9. The molecule has 1 fully saturated rings. The lowest BCUT2D eigenvalue weighted by molar-refractivity contribution is -0.137. The van der Waals surface area contributed by atoms with Gasteiger partial charge in [-0.05, 0) is 44.1 Å². The van der Waals surface area contributed by atoms with Gasteiger partial charge in [0.2, 0.25) is 5.95 Å². The number of nitrogens with zero attached hydrogens (tertiary/aromatic N) is 5. The van der Waals surface area contributed by atoms with Gasteiger partial charge in [-0.15, -0.1) is 10.2 Å². The van der Waals surface area contributed by atoms with Gasteiger partial charge in [-0.2, -0.15) is 13.2 Å². The number of piperidine rings is 1. The number of rotatable bonds is 4. The van der Waals surface area contributed by atoms with Crippen molar-refractivity contribution >= 4 is 17.9 Å². The van der Waals surface area contributed by atoms with E-state index in [0.717, 1.165) is 38.5 Å². The molecule has 4 rings (SSSR count). The Hall–Kier alpha value is -3.41. The van der Waals surface area contributed by atoms with Crippen molar-refractivity contribution < 1.29 is 28.2 Å². The van der Waals surface area contributed by atoms with Gasteiger partial charge in [0.15, 0.2) is 0 Å². The van der Waals surface area contributed by atoms with Crippen LogP contribution in [0.4, 0.5) is 19.1 Å². The number of likely N-dealkylation sites (tertiary alicyclic amines) is 1. The number of aromatic nitrogens is 4. The molecule has 0 unspecified atom stereocenters. The number of imidazole rings is 1. The minimum Gasteiger partial charge on any atom is -0.507 e. The minimum absolute atomic E-state index is 0.164. The largest absolute Gasteiger partial charge is 0.507 e. The van der Waals surface area contributed by atoms with Crippen LogP contribution in [0.2, 0.25) is 0 Å². The minimum atomic E-state index is -4.53. The van der Waals surface area contributed by atoms with E-state index < -0.39 is 17.5 Å². The van der Waals surface area contributed by atoms with Crippen LogP contribution in [-0.2, 0) is 11.0 Å². The second-order valence-corrected chi connectivity index (χ2v) is 7.23. The highest BCUT2D eigenvalue weighted by Crippen LogP contribution is 2.37. The van der Waals surface area contributed by atoms with Crippen LogP contribution in [0.1, 0.15) is 25.3 Å². The molecule has 1 aromatic carbocycles. The highest BCUT2D eigenvalue weighted by Gasteiger charge is 2.31. The Kier molecular flexibility index (Phi) is 7.13. The second kappa shape index (κ2) is 9.81. The fourth-order valence-electron chi connectivity index (χ4n) is 3.68. The van der Waals surface area contributed by atoms with Gasteiger partial charge in [0.25, 0.3) is 6.47 Å². The van der Waals surface area contributed by atoms with E-state index in [2.05, 4.69) is 32.3 Å². The molecule has 32 heavy (non-hydrogen) atoms. The molecular weight excluding hydrogens is 429 g/mol. The number of aromatic hydroxyl groups is 1. The quantitative estimate of drug-likeness (QED) is 0.517. The van der Waals surface area contributed by atoms with Crippen LogP contribution in [0.25, 0.3) is 16.8 Å². The van der Waals surface area contributed by atoms with Gasteiger partial charge in [-0.3, -0.25) is 9.20 Å². The van der Waals surface area contributed by atoms with Crippen molar-refractivity contribution in [3.05, 3.63) is 36.3 Å². The molecule has 0 saturated carbocycles. The van der Waals surface area contributed by atoms with Crippen molar-refractivity contribution in [3.8, 4) is 17.0 Å². The summed E-state index contributed by atoms with van der Waals surface area (Å²) in [5.74, 6) is -0.000549. The molecule has 0 radical (unpaired) electrons. The van der Waals surface area contributed by atoms with E-state index in [0.29, 0.717) is 17.5 Å². The predicted molar refractivity (Wildman–Crippen MR) is 110 cm³/mol. The SMILES string of the molecule is CCN1CCC[C@@H](Nc2nnc(-c3ccc(C(F)(F)F)cc3O)c3cncn23)C1.O=CO. The molecule has 2 aromatic heterocycles. The monoisotopic (exact) mass is 452 g/mol. The molecular formula is C20H23F3N6O3. The summed E-state index contributed by atoms with van der Waals surface area (Å²) in [6, 6.07) is 3.02. The Balaban J connectivity index is 0.000000913. The number of likely N-dealkylation sites (N-methyl/N-ethyl adjacent to an activating group) is 1. The molecule has 1 aliphatic rings. The fourth-order valence-corrected chi connectivity index (χ4v) is 3.68. The summed E-state index contributed by atoms with van der Waals surface area (Å²) < 4.78 is 40.3. The number of carboxylic acid groups (broad SMARTS) is 1. The Morgan fingerprint density at radius 2 is 2.06 bits per heavy atom. The lowest BCUT2D eigenvalue weighted by Crippen LogP contribution is -2.42. The maximum atomic E-state index is 12.9. The molecule has 9 nitrogen and oxygen atoms in total. The number of phenolic OH excluding ortho intramolecular Hbond substituents is 1. The number of hydrogen-bond acceptors (Lipinski definition) is 7. The van der Waals surface area contributed by atoms with Gasteiger partial charge in [0.1, 0.15) is 17.8 Å². The van der Waals surface area contributed by atoms with Crippen LogP contribution in [-0.4, -0.2) is 66.8 Å². The molecule has 1 aliphatic heterocycles. The average molecular weight is 452 g/mol. The van der Waals surface area contributed by atoms with Crippen LogP contribution in [0.5, 0.6) is 5.75 Å². The molecule has 3 heterocycles. The zero-order chi connectivity index (χ0) is 23.3. The first-order valence-electron chi connectivity index (χ1n) is 9.94. The van der Waals surface area contributed by atoms with Crippen LogP contribution in [0, 0.1) is 0 Å². The highest BCUT2D eigenvalue weighted by molar-refractivity contribution is 5.80. The first-order chi connectivity index (χ1) is 15.3. The van der Waals surface area contributed by atoms with Gasteiger partial charge in [0, 0.05) is 18.2 Å². The zero-order valence-electron chi connectivity index (χ0n) is 17.2. The number of nitrogens with one attached hydrogen (secondary N) is 1. The Morgan fingerprint density at radius 3 is 2.72 bits per heavy atom. The van der Waals surface area contributed by atoms with Crippen LogP contribution in [0.15, 0.2) is 30.7 Å². The Morgan fingerprint density at radius 1 is 1.31 bits per heavy atom. The van der Waals surface area contributed by atoms with E-state index in [4.69, 9.17) is 9.90 Å². The van der Waals surface area contributed by atoms with Gasteiger partial charge < -0.3 is 20.4 Å². The van der Waals surface area contributed by atoms with Crippen molar-refractivity contribution in [3.63, 3.8) is 0 Å². The number of anilines is 1. The standard InChI is InChI=1S/C19H21F3N6O.CH2O2/c1-2-27-7-3-4-13(10-27)24-18-26-25-17(15-9-23-11-28(15)18)14-6-5-12(8-16(14)29)19(20,21)22;2-1-3/h5-6,8-9,11,13,29H,2-4,7,10H2,1H3,(H,24,26);1H,(H,2,3)/t13-;/m1./s1. The summed E-state index contributed by atoms with van der Waals surface area (Å²) in [5.41, 5.74) is 0.0449. The van der Waals surface area contributed by atoms with E-state index in [9.17, 15) is 18.3 Å². The van der Waals surface area contributed by atoms with Crippen molar-refractivity contribution in [1.29, 1.82) is 0 Å². The van der Waals surface area contributed by atoms with Crippen LogP contribution >= 0.6 is 0 Å². The lowest BCUT2D eigenvalue weighted by atomic mass is 10.1. The third-order valence-electron chi connectivity index (χ3n) is 5.22. The number of benzene rings is 1. The Bertz CT molecular complexity index is 1070. The number of phenols is 1. The molecule has 3 N–H and O–H groups in total. The van der Waals surface area contributed by atoms with E-state index in [1.807, 2.05) is 0 Å². The lowest BCUT2D eigenvalue weighted by Gasteiger charge is -2.32. The third kappa shape index (κ3) is 5.07. The number of alkyl halides is 3. The third-order valence-corrected chi connectivity index (χ3v) is 5.22.